The van der Waals surface area contributed by atoms with Crippen LogP contribution in [0.1, 0.15) is 46.1 Å². The van der Waals surface area contributed by atoms with Crippen LogP contribution in [0, 0.1) is 5.41 Å². The Hall–Kier alpha value is -1.77. The zero-order chi connectivity index (χ0) is 14.2. The summed E-state index contributed by atoms with van der Waals surface area (Å²) in [6.45, 7) is 9.85. The number of ether oxygens (including phenoxy) is 1. The van der Waals surface area contributed by atoms with Gasteiger partial charge in [0.25, 0.3) is 0 Å². The van der Waals surface area contributed by atoms with Gasteiger partial charge in [-0.1, -0.05) is 13.8 Å². The van der Waals surface area contributed by atoms with Crippen LogP contribution in [0.15, 0.2) is 24.4 Å². The second-order valence-electron chi connectivity index (χ2n) is 6.25. The molecule has 102 valence electrons. The van der Waals surface area contributed by atoms with Crippen molar-refractivity contribution in [1.82, 2.24) is 4.98 Å². The van der Waals surface area contributed by atoms with Gasteiger partial charge < -0.3 is 9.72 Å². The van der Waals surface area contributed by atoms with E-state index in [1.165, 1.54) is 5.56 Å². The lowest BCUT2D eigenvalue weighted by molar-refractivity contribution is -0.142. The molecule has 0 amide bonds. The van der Waals surface area contributed by atoms with Crippen LogP contribution in [0.25, 0.3) is 10.9 Å². The third kappa shape index (κ3) is 2.80. The van der Waals surface area contributed by atoms with Gasteiger partial charge in [-0.2, -0.15) is 0 Å². The monoisotopic (exact) mass is 259 g/mol. The number of esters is 1. The number of H-pyrrole nitrogens is 1. The predicted molar refractivity (Wildman–Crippen MR) is 77.5 cm³/mol. The van der Waals surface area contributed by atoms with Gasteiger partial charge in [0.15, 0.2) is 0 Å². The summed E-state index contributed by atoms with van der Waals surface area (Å²) in [5.74, 6) is 0.824. The molecule has 3 heteroatoms. The van der Waals surface area contributed by atoms with Crippen molar-refractivity contribution in [2.45, 2.75) is 40.5 Å². The first kappa shape index (κ1) is 13.7. The maximum atomic E-state index is 11.9. The van der Waals surface area contributed by atoms with Gasteiger partial charge in [0.1, 0.15) is 5.75 Å². The Morgan fingerprint density at radius 3 is 2.53 bits per heavy atom. The molecule has 1 heterocycles. The van der Waals surface area contributed by atoms with Crippen molar-refractivity contribution in [1.29, 1.82) is 0 Å². The molecule has 0 spiro atoms. The maximum Gasteiger partial charge on any atom is 0.316 e. The number of fused-ring (bicyclic) bond motifs is 1. The van der Waals surface area contributed by atoms with Crippen LogP contribution in [0.4, 0.5) is 0 Å². The number of hydrogen-bond acceptors (Lipinski definition) is 2. The van der Waals surface area contributed by atoms with Crippen LogP contribution in [0.3, 0.4) is 0 Å². The van der Waals surface area contributed by atoms with Crippen LogP contribution in [0.5, 0.6) is 5.75 Å². The minimum absolute atomic E-state index is 0.214. The number of aromatic nitrogens is 1. The molecule has 1 aromatic carbocycles. The largest absolute Gasteiger partial charge is 0.426 e. The van der Waals surface area contributed by atoms with Crippen LogP contribution in [-0.2, 0) is 4.79 Å². The average Bonchev–Trinajstić information content (AvgIpc) is 2.70. The van der Waals surface area contributed by atoms with Gasteiger partial charge in [-0.15, -0.1) is 0 Å². The molecule has 0 saturated heterocycles. The molecule has 2 aromatic rings. The van der Waals surface area contributed by atoms with Crippen molar-refractivity contribution in [3.8, 4) is 5.75 Å². The molecule has 0 aliphatic rings. The van der Waals surface area contributed by atoms with E-state index >= 15 is 0 Å². The molecule has 0 radical (unpaired) electrons. The second-order valence-corrected chi connectivity index (χ2v) is 6.25. The van der Waals surface area contributed by atoms with E-state index in [0.717, 1.165) is 10.9 Å². The Morgan fingerprint density at radius 2 is 1.95 bits per heavy atom. The first-order valence-corrected chi connectivity index (χ1v) is 6.62. The number of rotatable bonds is 2. The standard InChI is InChI=1S/C16H21NO2/c1-10(2)13-9-17-14-7-6-11(8-12(13)14)19-15(18)16(3,4)5/h6-10,17H,1-5H3. The van der Waals surface area contributed by atoms with E-state index in [4.69, 9.17) is 4.74 Å². The van der Waals surface area contributed by atoms with Gasteiger partial charge in [0.05, 0.1) is 5.41 Å². The van der Waals surface area contributed by atoms with Crippen molar-refractivity contribution < 1.29 is 9.53 Å². The highest BCUT2D eigenvalue weighted by atomic mass is 16.5. The van der Waals surface area contributed by atoms with E-state index < -0.39 is 5.41 Å². The summed E-state index contributed by atoms with van der Waals surface area (Å²) in [5.41, 5.74) is 1.82. The van der Waals surface area contributed by atoms with Crippen molar-refractivity contribution in [2.75, 3.05) is 0 Å². The molecular formula is C16H21NO2. The molecule has 0 unspecified atom stereocenters. The fraction of sp³-hybridized carbons (Fsp3) is 0.438. The topological polar surface area (TPSA) is 42.1 Å². The molecule has 0 aliphatic heterocycles. The molecule has 3 nitrogen and oxygen atoms in total. The summed E-state index contributed by atoms with van der Waals surface area (Å²) in [5, 5.41) is 1.12. The first-order valence-electron chi connectivity index (χ1n) is 6.62. The summed E-state index contributed by atoms with van der Waals surface area (Å²) in [6, 6.07) is 5.71. The molecular weight excluding hydrogens is 238 g/mol. The molecule has 2 rings (SSSR count). The van der Waals surface area contributed by atoms with Gasteiger partial charge in [0.2, 0.25) is 0 Å². The van der Waals surface area contributed by atoms with Gasteiger partial charge in [-0.3, -0.25) is 4.79 Å². The Morgan fingerprint density at radius 1 is 1.26 bits per heavy atom. The number of aromatic amines is 1. The molecule has 19 heavy (non-hydrogen) atoms. The Labute approximate surface area is 114 Å². The van der Waals surface area contributed by atoms with E-state index in [9.17, 15) is 4.79 Å². The number of hydrogen-bond donors (Lipinski definition) is 1. The summed E-state index contributed by atoms with van der Waals surface area (Å²) in [6.07, 6.45) is 2.02. The third-order valence-corrected chi connectivity index (χ3v) is 3.13. The number of benzene rings is 1. The zero-order valence-corrected chi connectivity index (χ0v) is 12.2. The summed E-state index contributed by atoms with van der Waals surface area (Å²) in [4.78, 5) is 15.1. The summed E-state index contributed by atoms with van der Waals surface area (Å²) < 4.78 is 5.44. The lowest BCUT2D eigenvalue weighted by Crippen LogP contribution is -2.25. The predicted octanol–water partition coefficient (Wildman–Crippen LogP) is 4.24. The van der Waals surface area contributed by atoms with E-state index in [2.05, 4.69) is 18.8 Å². The molecule has 0 fully saturated rings. The number of nitrogens with one attached hydrogen (secondary N) is 1. The molecule has 0 saturated carbocycles. The van der Waals surface area contributed by atoms with Crippen molar-refractivity contribution in [2.24, 2.45) is 5.41 Å². The van der Waals surface area contributed by atoms with E-state index in [1.54, 1.807) is 0 Å². The lowest BCUT2D eigenvalue weighted by Gasteiger charge is -2.16. The fourth-order valence-corrected chi connectivity index (χ4v) is 1.92. The normalized spacial score (nSPS) is 12.1. The maximum absolute atomic E-state index is 11.9. The Bertz CT molecular complexity index is 603. The van der Waals surface area contributed by atoms with Crippen molar-refractivity contribution in [3.05, 3.63) is 30.0 Å². The molecule has 0 atom stereocenters. The highest BCUT2D eigenvalue weighted by Crippen LogP contribution is 2.29. The molecule has 1 N–H and O–H groups in total. The highest BCUT2D eigenvalue weighted by Gasteiger charge is 2.23. The lowest BCUT2D eigenvalue weighted by atomic mass is 9.97. The van der Waals surface area contributed by atoms with Gasteiger partial charge in [-0.25, -0.2) is 0 Å². The minimum Gasteiger partial charge on any atom is -0.426 e. The van der Waals surface area contributed by atoms with Gasteiger partial charge in [0, 0.05) is 17.1 Å². The van der Waals surface area contributed by atoms with Crippen LogP contribution >= 0.6 is 0 Å². The van der Waals surface area contributed by atoms with Crippen LogP contribution in [-0.4, -0.2) is 11.0 Å². The van der Waals surface area contributed by atoms with E-state index in [1.807, 2.05) is 45.2 Å². The SMILES string of the molecule is CC(C)c1c[nH]c2ccc(OC(=O)C(C)(C)C)cc12. The summed E-state index contributed by atoms with van der Waals surface area (Å²) >= 11 is 0. The van der Waals surface area contributed by atoms with Crippen LogP contribution < -0.4 is 4.74 Å². The highest BCUT2D eigenvalue weighted by molar-refractivity contribution is 5.86. The number of carbonyl (C=O) groups excluding carboxylic acids is 1. The van der Waals surface area contributed by atoms with Crippen molar-refractivity contribution in [3.63, 3.8) is 0 Å². The molecule has 0 bridgehead atoms. The molecule has 0 aliphatic carbocycles. The third-order valence-electron chi connectivity index (χ3n) is 3.13. The minimum atomic E-state index is -0.492. The quantitative estimate of drug-likeness (QED) is 0.647. The fourth-order valence-electron chi connectivity index (χ4n) is 1.92. The Kier molecular flexibility index (Phi) is 3.40. The Balaban J connectivity index is 2.36. The van der Waals surface area contributed by atoms with E-state index in [-0.39, 0.29) is 5.97 Å². The number of carbonyl (C=O) groups is 1. The second kappa shape index (κ2) is 4.72. The summed E-state index contributed by atoms with van der Waals surface area (Å²) in [7, 11) is 0. The van der Waals surface area contributed by atoms with Crippen molar-refractivity contribution >= 4 is 16.9 Å². The van der Waals surface area contributed by atoms with Crippen LogP contribution in [0.2, 0.25) is 0 Å². The zero-order valence-electron chi connectivity index (χ0n) is 12.2. The smallest absolute Gasteiger partial charge is 0.316 e. The van der Waals surface area contributed by atoms with E-state index in [0.29, 0.717) is 11.7 Å². The molecule has 1 aromatic heterocycles. The first-order chi connectivity index (χ1) is 8.79. The van der Waals surface area contributed by atoms with Gasteiger partial charge in [-0.05, 0) is 50.5 Å². The average molecular weight is 259 g/mol. The van der Waals surface area contributed by atoms with Gasteiger partial charge >= 0.3 is 5.97 Å².